The van der Waals surface area contributed by atoms with Crippen LogP contribution in [0.4, 0.5) is 5.69 Å². The van der Waals surface area contributed by atoms with Crippen LogP contribution in [-0.2, 0) is 19.1 Å². The second-order valence-electron chi connectivity index (χ2n) is 5.80. The van der Waals surface area contributed by atoms with Crippen molar-refractivity contribution in [2.75, 3.05) is 19.6 Å². The molecule has 2 unspecified atom stereocenters. The van der Waals surface area contributed by atoms with E-state index in [-0.39, 0.29) is 29.4 Å². The van der Waals surface area contributed by atoms with Crippen LogP contribution in [0.3, 0.4) is 0 Å². The molecule has 2 rings (SSSR count). The molecule has 0 saturated heterocycles. The van der Waals surface area contributed by atoms with Crippen molar-refractivity contribution in [3.05, 3.63) is 51.2 Å². The van der Waals surface area contributed by atoms with Crippen LogP contribution in [0.5, 0.6) is 0 Å². The number of halogens is 1. The third-order valence-electron chi connectivity index (χ3n) is 4.23. The number of carbonyl (C=O) groups excluding carboxylic acids is 2. The van der Waals surface area contributed by atoms with Crippen molar-refractivity contribution in [3.8, 4) is 0 Å². The van der Waals surface area contributed by atoms with Crippen LogP contribution >= 0.6 is 11.6 Å². The van der Waals surface area contributed by atoms with Gasteiger partial charge in [0.1, 0.15) is 5.92 Å². The number of nitro benzene ring substituents is 1. The van der Waals surface area contributed by atoms with E-state index in [0.717, 1.165) is 0 Å². The van der Waals surface area contributed by atoms with Gasteiger partial charge in [-0.25, -0.2) is 4.79 Å². The SMILES string of the molecule is CCOC(=O)C1C(C)=NC(CCl)=C(C(=O)OC)C1c1cccc([N+](=O)[O-])c1. The molecule has 0 aromatic heterocycles. The molecule has 1 aromatic carbocycles. The summed E-state index contributed by atoms with van der Waals surface area (Å²) in [5.74, 6) is -3.14. The Bertz CT molecular complexity index is 833. The van der Waals surface area contributed by atoms with E-state index in [4.69, 9.17) is 21.1 Å². The number of carbonyl (C=O) groups is 2. The molecule has 0 bridgehead atoms. The fourth-order valence-corrected chi connectivity index (χ4v) is 3.32. The van der Waals surface area contributed by atoms with E-state index in [2.05, 4.69) is 4.99 Å². The largest absolute Gasteiger partial charge is 0.466 e. The molecule has 27 heavy (non-hydrogen) atoms. The standard InChI is InChI=1S/C18H19ClN2O6/c1-4-27-18(23)14-10(2)20-13(9-19)16(17(22)26-3)15(14)11-6-5-7-12(8-11)21(24)25/h5-8,14-15H,4,9H2,1-3H3. The number of nitrogens with zero attached hydrogens (tertiary/aromatic N) is 2. The van der Waals surface area contributed by atoms with E-state index in [1.807, 2.05) is 0 Å². The lowest BCUT2D eigenvalue weighted by Gasteiger charge is -2.31. The average molecular weight is 395 g/mol. The van der Waals surface area contributed by atoms with Gasteiger partial charge in [-0.05, 0) is 19.4 Å². The summed E-state index contributed by atoms with van der Waals surface area (Å²) in [5.41, 5.74) is 1.01. The summed E-state index contributed by atoms with van der Waals surface area (Å²) in [6.07, 6.45) is 0. The lowest BCUT2D eigenvalue weighted by molar-refractivity contribution is -0.384. The molecular formula is C18H19ClN2O6. The number of hydrogen-bond donors (Lipinski definition) is 0. The highest BCUT2D eigenvalue weighted by molar-refractivity contribution is 6.20. The highest BCUT2D eigenvalue weighted by Gasteiger charge is 2.43. The van der Waals surface area contributed by atoms with Crippen molar-refractivity contribution in [2.24, 2.45) is 10.9 Å². The van der Waals surface area contributed by atoms with Crippen LogP contribution in [0, 0.1) is 16.0 Å². The Labute approximate surface area is 161 Å². The molecule has 0 spiro atoms. The lowest BCUT2D eigenvalue weighted by atomic mass is 9.75. The van der Waals surface area contributed by atoms with E-state index in [0.29, 0.717) is 11.3 Å². The van der Waals surface area contributed by atoms with Gasteiger partial charge in [0.15, 0.2) is 0 Å². The normalized spacial score (nSPS) is 19.3. The van der Waals surface area contributed by atoms with Crippen LogP contribution in [0.25, 0.3) is 0 Å². The summed E-state index contributed by atoms with van der Waals surface area (Å²) in [6, 6.07) is 5.75. The van der Waals surface area contributed by atoms with E-state index in [1.165, 1.54) is 25.3 Å². The molecule has 1 aromatic rings. The molecule has 0 amide bonds. The van der Waals surface area contributed by atoms with Gasteiger partial charge in [0.25, 0.3) is 5.69 Å². The summed E-state index contributed by atoms with van der Waals surface area (Å²) in [6.45, 7) is 3.44. The number of nitro groups is 1. The first kappa shape index (κ1) is 20.6. The molecule has 9 heteroatoms. The van der Waals surface area contributed by atoms with Crippen molar-refractivity contribution < 1.29 is 24.0 Å². The molecule has 0 N–H and O–H groups in total. The Morgan fingerprint density at radius 1 is 1.37 bits per heavy atom. The number of esters is 2. The molecule has 0 aliphatic carbocycles. The van der Waals surface area contributed by atoms with Crippen molar-refractivity contribution in [1.29, 1.82) is 0 Å². The quantitative estimate of drug-likeness (QED) is 0.317. The summed E-state index contributed by atoms with van der Waals surface area (Å²) in [5, 5.41) is 11.2. The van der Waals surface area contributed by atoms with Crippen molar-refractivity contribution in [3.63, 3.8) is 0 Å². The van der Waals surface area contributed by atoms with Gasteiger partial charge in [0.05, 0.1) is 35.8 Å². The minimum atomic E-state index is -0.923. The van der Waals surface area contributed by atoms with Gasteiger partial charge in [0, 0.05) is 23.8 Å². The molecule has 2 atom stereocenters. The Kier molecular flexibility index (Phi) is 6.68. The third-order valence-corrected chi connectivity index (χ3v) is 4.48. The number of hydrogen-bond acceptors (Lipinski definition) is 7. The summed E-state index contributed by atoms with van der Waals surface area (Å²) in [4.78, 5) is 40.0. The van der Waals surface area contributed by atoms with Gasteiger partial charge in [-0.2, -0.15) is 0 Å². The first-order valence-electron chi connectivity index (χ1n) is 8.19. The van der Waals surface area contributed by atoms with Crippen molar-refractivity contribution in [2.45, 2.75) is 19.8 Å². The van der Waals surface area contributed by atoms with Gasteiger partial charge in [-0.3, -0.25) is 19.9 Å². The first-order chi connectivity index (χ1) is 12.8. The maximum absolute atomic E-state index is 12.6. The number of non-ortho nitro benzene ring substituents is 1. The maximum Gasteiger partial charge on any atom is 0.336 e. The average Bonchev–Trinajstić information content (AvgIpc) is 2.66. The van der Waals surface area contributed by atoms with Gasteiger partial charge in [-0.15, -0.1) is 11.6 Å². The minimum absolute atomic E-state index is 0.0806. The number of rotatable bonds is 6. The molecule has 8 nitrogen and oxygen atoms in total. The van der Waals surface area contributed by atoms with Crippen LogP contribution in [0.2, 0.25) is 0 Å². The lowest BCUT2D eigenvalue weighted by Crippen LogP contribution is -2.37. The van der Waals surface area contributed by atoms with Crippen LogP contribution in [0.1, 0.15) is 25.3 Å². The molecule has 0 saturated carbocycles. The van der Waals surface area contributed by atoms with Gasteiger partial charge < -0.3 is 9.47 Å². The molecule has 1 aliphatic rings. The monoisotopic (exact) mass is 394 g/mol. The van der Waals surface area contributed by atoms with Gasteiger partial charge in [0.2, 0.25) is 0 Å². The molecular weight excluding hydrogens is 376 g/mol. The Morgan fingerprint density at radius 2 is 2.07 bits per heavy atom. The summed E-state index contributed by atoms with van der Waals surface area (Å²) >= 11 is 5.97. The Morgan fingerprint density at radius 3 is 2.63 bits per heavy atom. The highest BCUT2D eigenvalue weighted by Crippen LogP contribution is 2.41. The van der Waals surface area contributed by atoms with E-state index in [1.54, 1.807) is 19.9 Å². The summed E-state index contributed by atoms with van der Waals surface area (Å²) < 4.78 is 10.0. The molecule has 1 heterocycles. The molecule has 144 valence electrons. The zero-order valence-electron chi connectivity index (χ0n) is 15.1. The highest BCUT2D eigenvalue weighted by atomic mass is 35.5. The fraction of sp³-hybridized carbons (Fsp3) is 0.389. The molecule has 0 radical (unpaired) electrons. The number of alkyl halides is 1. The van der Waals surface area contributed by atoms with E-state index in [9.17, 15) is 19.7 Å². The topological polar surface area (TPSA) is 108 Å². The Balaban J connectivity index is 2.72. The second-order valence-corrected chi connectivity index (χ2v) is 6.07. The first-order valence-corrected chi connectivity index (χ1v) is 8.72. The van der Waals surface area contributed by atoms with Gasteiger partial charge in [-0.1, -0.05) is 12.1 Å². The van der Waals surface area contributed by atoms with Crippen molar-refractivity contribution in [1.82, 2.24) is 0 Å². The predicted molar refractivity (Wildman–Crippen MR) is 98.8 cm³/mol. The number of allylic oxidation sites excluding steroid dienone is 1. The molecule has 0 fully saturated rings. The van der Waals surface area contributed by atoms with E-state index >= 15 is 0 Å². The van der Waals surface area contributed by atoms with Crippen LogP contribution in [-0.4, -0.2) is 42.2 Å². The number of benzene rings is 1. The molecule has 1 aliphatic heterocycles. The van der Waals surface area contributed by atoms with E-state index < -0.39 is 28.7 Å². The minimum Gasteiger partial charge on any atom is -0.466 e. The van der Waals surface area contributed by atoms with Crippen molar-refractivity contribution >= 4 is 34.9 Å². The smallest absolute Gasteiger partial charge is 0.336 e. The van der Waals surface area contributed by atoms with Crippen LogP contribution < -0.4 is 0 Å². The number of methoxy groups -OCH3 is 1. The maximum atomic E-state index is 12.6. The zero-order chi connectivity index (χ0) is 20.1. The summed E-state index contributed by atoms with van der Waals surface area (Å²) in [7, 11) is 1.20. The van der Waals surface area contributed by atoms with Gasteiger partial charge >= 0.3 is 11.9 Å². The zero-order valence-corrected chi connectivity index (χ0v) is 15.9. The third kappa shape index (κ3) is 4.16. The Hall–Kier alpha value is -2.74. The number of aliphatic imine (C=N–C) groups is 1. The predicted octanol–water partition coefficient (Wildman–Crippen LogP) is 3.00. The second kappa shape index (κ2) is 8.77. The fourth-order valence-electron chi connectivity index (χ4n) is 3.12. The van der Waals surface area contributed by atoms with Crippen LogP contribution in [0.15, 0.2) is 40.5 Å². The number of ether oxygens (including phenoxy) is 2.